The van der Waals surface area contributed by atoms with Gasteiger partial charge in [-0.15, -0.1) is 0 Å². The Bertz CT molecular complexity index is 1040. The molecule has 0 fully saturated rings. The summed E-state index contributed by atoms with van der Waals surface area (Å²) in [4.78, 5) is 33.7. The number of nitrogens with zero attached hydrogens (tertiary/aromatic N) is 2. The average Bonchev–Trinajstić information content (AvgIpc) is 2.83. The first-order valence-corrected chi connectivity index (χ1v) is 9.77. The van der Waals surface area contributed by atoms with E-state index in [4.69, 9.17) is 0 Å². The summed E-state index contributed by atoms with van der Waals surface area (Å²) in [6.07, 6.45) is 5.45. The molecule has 0 saturated carbocycles. The molecule has 4 rings (SSSR count). The minimum Gasteiger partial charge on any atom is -0.606 e. The Labute approximate surface area is 164 Å². The third-order valence-corrected chi connectivity index (χ3v) is 5.85. The Balaban J connectivity index is 1.52. The van der Waals surface area contributed by atoms with E-state index < -0.39 is 11.2 Å². The zero-order valence-corrected chi connectivity index (χ0v) is 15.5. The zero-order valence-electron chi connectivity index (χ0n) is 14.7. The van der Waals surface area contributed by atoms with Gasteiger partial charge >= 0.3 is 0 Å². The van der Waals surface area contributed by atoms with Crippen LogP contribution in [0.2, 0.25) is 0 Å². The fraction of sp³-hybridized carbons (Fsp3) is 0.100. The first kappa shape index (κ1) is 18.1. The Morgan fingerprint density at radius 2 is 1.89 bits per heavy atom. The Morgan fingerprint density at radius 1 is 1.11 bits per heavy atom. The molecule has 1 aliphatic heterocycles. The summed E-state index contributed by atoms with van der Waals surface area (Å²) >= 11 is -1.51. The molecule has 28 heavy (non-hydrogen) atoms. The summed E-state index contributed by atoms with van der Waals surface area (Å²) in [5.41, 5.74) is 2.05. The van der Waals surface area contributed by atoms with E-state index in [9.17, 15) is 14.1 Å². The second-order valence-electron chi connectivity index (χ2n) is 6.18. The average molecular weight is 392 g/mol. The molecule has 0 aliphatic carbocycles. The molecule has 2 aromatic carbocycles. The van der Waals surface area contributed by atoms with E-state index in [0.717, 1.165) is 5.56 Å². The van der Waals surface area contributed by atoms with E-state index in [0.29, 0.717) is 39.6 Å². The molecule has 2 N–H and O–H groups in total. The van der Waals surface area contributed by atoms with Crippen LogP contribution in [0.5, 0.6) is 0 Å². The number of carbonyl (C=O) groups is 2. The predicted molar refractivity (Wildman–Crippen MR) is 104 cm³/mol. The molecule has 8 heteroatoms. The highest BCUT2D eigenvalue weighted by Gasteiger charge is 2.30. The van der Waals surface area contributed by atoms with Gasteiger partial charge in [0.25, 0.3) is 11.8 Å². The van der Waals surface area contributed by atoms with Gasteiger partial charge in [-0.05, 0) is 42.3 Å². The van der Waals surface area contributed by atoms with Gasteiger partial charge in [-0.1, -0.05) is 12.1 Å². The van der Waals surface area contributed by atoms with Gasteiger partial charge in [0, 0.05) is 35.7 Å². The van der Waals surface area contributed by atoms with Crippen LogP contribution in [0, 0.1) is 0 Å². The Kier molecular flexibility index (Phi) is 5.05. The molecule has 0 saturated heterocycles. The molecule has 0 spiro atoms. The van der Waals surface area contributed by atoms with E-state index in [1.165, 1.54) is 6.33 Å². The number of hydrogen-bond acceptors (Lipinski definition) is 5. The third kappa shape index (κ3) is 3.60. The van der Waals surface area contributed by atoms with Crippen LogP contribution in [0.3, 0.4) is 0 Å². The van der Waals surface area contributed by atoms with Gasteiger partial charge in [0.05, 0.1) is 11.3 Å². The molecule has 0 bridgehead atoms. The topological polar surface area (TPSA) is 107 Å². The highest BCUT2D eigenvalue weighted by molar-refractivity contribution is 7.91. The van der Waals surface area contributed by atoms with Crippen molar-refractivity contribution in [1.29, 1.82) is 0 Å². The van der Waals surface area contributed by atoms with Gasteiger partial charge in [0.1, 0.15) is 6.33 Å². The molecule has 140 valence electrons. The number of amides is 2. The highest BCUT2D eigenvalue weighted by Crippen LogP contribution is 2.34. The molecule has 1 aliphatic rings. The van der Waals surface area contributed by atoms with E-state index in [1.54, 1.807) is 54.9 Å². The Hall–Kier alpha value is -3.23. The number of carbonyl (C=O) groups excluding carboxylic acids is 2. The van der Waals surface area contributed by atoms with E-state index in [2.05, 4.69) is 20.6 Å². The van der Waals surface area contributed by atoms with Crippen molar-refractivity contribution in [2.24, 2.45) is 0 Å². The number of nitrogens with one attached hydrogen (secondary N) is 2. The quantitative estimate of drug-likeness (QED) is 0.662. The minimum absolute atomic E-state index is 0.276. The fourth-order valence-electron chi connectivity index (χ4n) is 2.94. The summed E-state index contributed by atoms with van der Waals surface area (Å²) < 4.78 is 12.9. The number of fused-ring (bicyclic) bond motifs is 2. The predicted octanol–water partition coefficient (Wildman–Crippen LogP) is 2.18. The van der Waals surface area contributed by atoms with Crippen molar-refractivity contribution in [3.05, 3.63) is 77.9 Å². The maximum Gasteiger partial charge on any atom is 0.260 e. The first-order chi connectivity index (χ1) is 13.6. The van der Waals surface area contributed by atoms with Crippen molar-refractivity contribution < 1.29 is 14.1 Å². The monoisotopic (exact) mass is 392 g/mol. The second kappa shape index (κ2) is 7.79. The van der Waals surface area contributed by atoms with Crippen LogP contribution in [0.1, 0.15) is 26.3 Å². The van der Waals surface area contributed by atoms with Crippen molar-refractivity contribution in [1.82, 2.24) is 15.3 Å². The molecule has 2 amide bonds. The third-order valence-electron chi connectivity index (χ3n) is 4.33. The van der Waals surface area contributed by atoms with Gasteiger partial charge in [-0.3, -0.25) is 9.59 Å². The summed E-state index contributed by atoms with van der Waals surface area (Å²) in [5.74, 6) is -0.620. The lowest BCUT2D eigenvalue weighted by Crippen LogP contribution is -2.26. The van der Waals surface area contributed by atoms with Crippen LogP contribution in [0.25, 0.3) is 0 Å². The van der Waals surface area contributed by atoms with Crippen molar-refractivity contribution >= 4 is 28.7 Å². The fourth-order valence-corrected chi connectivity index (χ4v) is 4.24. The molecule has 1 atom stereocenters. The minimum atomic E-state index is -1.51. The van der Waals surface area contributed by atoms with Crippen LogP contribution in [-0.4, -0.2) is 32.9 Å². The molecule has 1 unspecified atom stereocenters. The maximum atomic E-state index is 12.9. The number of anilines is 1. The smallest absolute Gasteiger partial charge is 0.260 e. The maximum absolute atomic E-state index is 12.9. The summed E-state index contributed by atoms with van der Waals surface area (Å²) in [6, 6.07) is 11.6. The lowest BCUT2D eigenvalue weighted by molar-refractivity contribution is 0.0952. The Morgan fingerprint density at radius 3 is 2.71 bits per heavy atom. The second-order valence-corrected chi connectivity index (χ2v) is 7.60. The SMILES string of the molecule is O=C(NCCc1cncnc1)c1ccc2c(c1)NC(=O)c1ccccc1[S+]2[O-]. The number of hydrogen-bond donors (Lipinski definition) is 2. The summed E-state index contributed by atoms with van der Waals surface area (Å²) in [5, 5.41) is 5.58. The lowest BCUT2D eigenvalue weighted by Gasteiger charge is -2.12. The molecule has 0 radical (unpaired) electrons. The van der Waals surface area contributed by atoms with E-state index >= 15 is 0 Å². The molecular weight excluding hydrogens is 376 g/mol. The van der Waals surface area contributed by atoms with Gasteiger partial charge in [0.2, 0.25) is 0 Å². The molecule has 1 aromatic heterocycles. The molecule has 2 heterocycles. The molecular formula is C20H16N4O3S. The van der Waals surface area contributed by atoms with E-state index in [1.807, 2.05) is 0 Å². The van der Waals surface area contributed by atoms with Crippen LogP contribution in [-0.2, 0) is 17.6 Å². The van der Waals surface area contributed by atoms with Crippen molar-refractivity contribution in [2.45, 2.75) is 16.2 Å². The van der Waals surface area contributed by atoms with Crippen LogP contribution < -0.4 is 10.6 Å². The molecule has 3 aromatic rings. The van der Waals surface area contributed by atoms with Crippen LogP contribution in [0.15, 0.2) is 71.0 Å². The lowest BCUT2D eigenvalue weighted by atomic mass is 10.1. The van der Waals surface area contributed by atoms with Gasteiger partial charge in [-0.25, -0.2) is 9.97 Å². The largest absolute Gasteiger partial charge is 0.606 e. The van der Waals surface area contributed by atoms with Crippen LogP contribution >= 0.6 is 0 Å². The van der Waals surface area contributed by atoms with Gasteiger partial charge in [-0.2, -0.15) is 0 Å². The van der Waals surface area contributed by atoms with Crippen molar-refractivity contribution in [3.63, 3.8) is 0 Å². The van der Waals surface area contributed by atoms with Gasteiger partial charge in [0.15, 0.2) is 9.79 Å². The van der Waals surface area contributed by atoms with E-state index in [-0.39, 0.29) is 11.8 Å². The summed E-state index contributed by atoms with van der Waals surface area (Å²) in [7, 11) is 0. The number of rotatable bonds is 4. The highest BCUT2D eigenvalue weighted by atomic mass is 32.2. The standard InChI is InChI=1S/C20H16N4O3S/c25-19(23-8-7-13-10-21-12-22-11-13)14-5-6-18-16(9-14)24-20(26)15-3-1-2-4-17(15)28(18)27/h1-6,9-12H,7-8H2,(H,23,25)(H,24,26). The number of aromatic nitrogens is 2. The van der Waals surface area contributed by atoms with Crippen molar-refractivity contribution in [2.75, 3.05) is 11.9 Å². The van der Waals surface area contributed by atoms with Crippen LogP contribution in [0.4, 0.5) is 5.69 Å². The first-order valence-electron chi connectivity index (χ1n) is 8.62. The van der Waals surface area contributed by atoms with Gasteiger partial charge < -0.3 is 15.2 Å². The zero-order chi connectivity index (χ0) is 19.5. The normalized spacial score (nSPS) is 15.0. The number of benzene rings is 2. The molecule has 7 nitrogen and oxygen atoms in total. The van der Waals surface area contributed by atoms with Crippen molar-refractivity contribution in [3.8, 4) is 0 Å². The summed E-state index contributed by atoms with van der Waals surface area (Å²) in [6.45, 7) is 0.424.